The minimum atomic E-state index is 1.24. The van der Waals surface area contributed by atoms with Crippen LogP contribution in [-0.2, 0) is 0 Å². The number of hydrogen-bond donors (Lipinski definition) is 0. The molecule has 0 aromatic heterocycles. The third kappa shape index (κ3) is 0.240. The third-order valence-corrected chi connectivity index (χ3v) is 3.11. The van der Waals surface area contributed by atoms with Crippen molar-refractivity contribution in [2.24, 2.45) is 23.7 Å². The highest BCUT2D eigenvalue weighted by Gasteiger charge is 2.60. The predicted octanol–water partition coefficient (Wildman–Crippen LogP) is 1.66. The van der Waals surface area contributed by atoms with Gasteiger partial charge in [-0.15, -0.1) is 0 Å². The van der Waals surface area contributed by atoms with Crippen LogP contribution < -0.4 is 0 Å². The standard InChI is InChI=1S/C7H10/c1-4-2-6(4)7-3-5(1)7/h4-7H,1-3H2. The molecule has 38 valence electrons. The van der Waals surface area contributed by atoms with Gasteiger partial charge in [0, 0.05) is 0 Å². The lowest BCUT2D eigenvalue weighted by molar-refractivity contribution is 0.689. The second-order valence-electron chi connectivity index (χ2n) is 3.55. The zero-order valence-electron chi connectivity index (χ0n) is 4.43. The molecule has 0 aromatic carbocycles. The molecule has 0 aromatic rings. The molecule has 4 unspecified atom stereocenters. The van der Waals surface area contributed by atoms with Crippen LogP contribution in [0.3, 0.4) is 0 Å². The predicted molar refractivity (Wildman–Crippen MR) is 27.8 cm³/mol. The average Bonchev–Trinajstić information content (AvgIpc) is 2.47. The Morgan fingerprint density at radius 3 is 1.57 bits per heavy atom. The fraction of sp³-hybridized carbons (Fsp3) is 1.00. The zero-order valence-corrected chi connectivity index (χ0v) is 4.43. The Morgan fingerprint density at radius 2 is 1.29 bits per heavy atom. The van der Waals surface area contributed by atoms with E-state index in [1.165, 1.54) is 23.7 Å². The zero-order chi connectivity index (χ0) is 4.43. The van der Waals surface area contributed by atoms with Crippen molar-refractivity contribution in [3.63, 3.8) is 0 Å². The molecule has 0 N–H and O–H groups in total. The maximum absolute atomic E-state index is 1.62. The molecule has 3 saturated carbocycles. The van der Waals surface area contributed by atoms with Crippen molar-refractivity contribution in [2.75, 3.05) is 0 Å². The quantitative estimate of drug-likeness (QED) is 0.428. The summed E-state index contributed by atoms with van der Waals surface area (Å²) in [5, 5.41) is 0. The summed E-state index contributed by atoms with van der Waals surface area (Å²) in [5.41, 5.74) is 0. The summed E-state index contributed by atoms with van der Waals surface area (Å²) >= 11 is 0. The molecule has 3 aliphatic rings. The van der Waals surface area contributed by atoms with Crippen LogP contribution in [0.5, 0.6) is 0 Å². The highest BCUT2D eigenvalue weighted by atomic mass is 14.7. The lowest BCUT2D eigenvalue weighted by Gasteiger charge is -1.82. The van der Waals surface area contributed by atoms with Gasteiger partial charge >= 0.3 is 0 Å². The Hall–Kier alpha value is 0. The molecule has 0 spiro atoms. The molecule has 0 nitrogen and oxygen atoms in total. The monoisotopic (exact) mass is 94.1 g/mol. The number of rotatable bonds is 0. The van der Waals surface area contributed by atoms with Crippen LogP contribution in [0, 0.1) is 23.7 Å². The third-order valence-electron chi connectivity index (χ3n) is 3.11. The van der Waals surface area contributed by atoms with Gasteiger partial charge in [-0.3, -0.25) is 0 Å². The van der Waals surface area contributed by atoms with Crippen molar-refractivity contribution in [2.45, 2.75) is 19.3 Å². The van der Waals surface area contributed by atoms with Crippen LogP contribution in [0.25, 0.3) is 0 Å². The molecular weight excluding hydrogens is 84.1 g/mol. The van der Waals surface area contributed by atoms with E-state index in [0.717, 1.165) is 0 Å². The molecule has 0 aliphatic heterocycles. The van der Waals surface area contributed by atoms with E-state index < -0.39 is 0 Å². The van der Waals surface area contributed by atoms with E-state index in [-0.39, 0.29) is 0 Å². The average molecular weight is 94.2 g/mol. The molecule has 7 heavy (non-hydrogen) atoms. The summed E-state index contributed by atoms with van der Waals surface area (Å²) in [6, 6.07) is 0. The van der Waals surface area contributed by atoms with Crippen LogP contribution in [0.4, 0.5) is 0 Å². The van der Waals surface area contributed by atoms with Crippen molar-refractivity contribution < 1.29 is 0 Å². The fourth-order valence-electron chi connectivity index (χ4n) is 2.52. The van der Waals surface area contributed by atoms with Crippen molar-refractivity contribution >= 4 is 0 Å². The molecule has 3 rings (SSSR count). The second kappa shape index (κ2) is 0.667. The van der Waals surface area contributed by atoms with E-state index in [4.69, 9.17) is 0 Å². The van der Waals surface area contributed by atoms with Crippen LogP contribution in [-0.4, -0.2) is 0 Å². The molecule has 0 amide bonds. The van der Waals surface area contributed by atoms with Crippen LogP contribution in [0.15, 0.2) is 0 Å². The van der Waals surface area contributed by atoms with E-state index in [0.29, 0.717) is 0 Å². The number of fused-ring (bicyclic) bond motifs is 3. The van der Waals surface area contributed by atoms with Gasteiger partial charge in [0.1, 0.15) is 0 Å². The van der Waals surface area contributed by atoms with Crippen LogP contribution in [0.2, 0.25) is 0 Å². The van der Waals surface area contributed by atoms with Gasteiger partial charge in [-0.1, -0.05) is 0 Å². The second-order valence-corrected chi connectivity index (χ2v) is 3.55. The van der Waals surface area contributed by atoms with E-state index >= 15 is 0 Å². The maximum Gasteiger partial charge on any atom is -0.0352 e. The van der Waals surface area contributed by atoms with Crippen LogP contribution >= 0.6 is 0 Å². The summed E-state index contributed by atoms with van der Waals surface area (Å²) in [4.78, 5) is 0. The molecule has 0 radical (unpaired) electrons. The summed E-state index contributed by atoms with van der Waals surface area (Å²) in [6.45, 7) is 0. The summed E-state index contributed by atoms with van der Waals surface area (Å²) in [7, 11) is 0. The Labute approximate surface area is 43.9 Å². The Morgan fingerprint density at radius 1 is 0.714 bits per heavy atom. The van der Waals surface area contributed by atoms with Gasteiger partial charge in [-0.2, -0.15) is 0 Å². The van der Waals surface area contributed by atoms with Crippen molar-refractivity contribution in [1.29, 1.82) is 0 Å². The van der Waals surface area contributed by atoms with Gasteiger partial charge in [0.15, 0.2) is 0 Å². The smallest absolute Gasteiger partial charge is 0.0352 e. The molecule has 0 bridgehead atoms. The van der Waals surface area contributed by atoms with Crippen molar-refractivity contribution in [1.82, 2.24) is 0 Å². The highest BCUT2D eigenvalue weighted by molar-refractivity contribution is 5.10. The van der Waals surface area contributed by atoms with Crippen molar-refractivity contribution in [3.05, 3.63) is 0 Å². The SMILES string of the molecule is C1C2CC2C2CC12. The minimum absolute atomic E-state index is 1.24. The molecule has 0 heteroatoms. The van der Waals surface area contributed by atoms with Gasteiger partial charge in [-0.25, -0.2) is 0 Å². The molecule has 0 saturated heterocycles. The van der Waals surface area contributed by atoms with Gasteiger partial charge < -0.3 is 0 Å². The largest absolute Gasteiger partial charge is 0.0470 e. The summed E-state index contributed by atoms with van der Waals surface area (Å²) in [5.74, 6) is 4.99. The maximum atomic E-state index is 1.62. The van der Waals surface area contributed by atoms with Gasteiger partial charge in [0.05, 0.1) is 0 Å². The summed E-state index contributed by atoms with van der Waals surface area (Å²) in [6.07, 6.45) is 4.84. The fourth-order valence-corrected chi connectivity index (χ4v) is 2.52. The Bertz CT molecular complexity index is 103. The number of hydrogen-bond acceptors (Lipinski definition) is 0. The van der Waals surface area contributed by atoms with Gasteiger partial charge in [-0.05, 0) is 42.9 Å². The first-order valence-corrected chi connectivity index (χ1v) is 3.45. The Kier molecular flexibility index (Phi) is 0.296. The van der Waals surface area contributed by atoms with E-state index in [1.54, 1.807) is 19.3 Å². The first-order chi connectivity index (χ1) is 3.45. The highest BCUT2D eigenvalue weighted by Crippen LogP contribution is 2.69. The first-order valence-electron chi connectivity index (χ1n) is 3.45. The lowest BCUT2D eigenvalue weighted by atomic mass is 10.2. The molecule has 3 aliphatic carbocycles. The van der Waals surface area contributed by atoms with Gasteiger partial charge in [0.25, 0.3) is 0 Å². The molecule has 3 fully saturated rings. The minimum Gasteiger partial charge on any atom is -0.0470 e. The topological polar surface area (TPSA) is 0 Å². The molecule has 0 heterocycles. The van der Waals surface area contributed by atoms with Crippen LogP contribution in [0.1, 0.15) is 19.3 Å². The normalized spacial score (nSPS) is 72.0. The van der Waals surface area contributed by atoms with Gasteiger partial charge in [0.2, 0.25) is 0 Å². The molecular formula is C7H10. The van der Waals surface area contributed by atoms with E-state index in [1.807, 2.05) is 0 Å². The molecule has 4 atom stereocenters. The van der Waals surface area contributed by atoms with E-state index in [2.05, 4.69) is 0 Å². The van der Waals surface area contributed by atoms with E-state index in [9.17, 15) is 0 Å². The summed E-state index contributed by atoms with van der Waals surface area (Å²) < 4.78 is 0. The van der Waals surface area contributed by atoms with Crippen molar-refractivity contribution in [3.8, 4) is 0 Å². The Balaban J connectivity index is 2.02. The lowest BCUT2D eigenvalue weighted by Crippen LogP contribution is -1.72. The first kappa shape index (κ1) is 3.11.